The smallest absolute Gasteiger partial charge is 0.407 e. The maximum atomic E-state index is 13.7. The first kappa shape index (κ1) is 36.2. The summed E-state index contributed by atoms with van der Waals surface area (Å²) < 4.78 is 34.6. The second-order valence-electron chi connectivity index (χ2n) is 11.5. The van der Waals surface area contributed by atoms with Crippen molar-refractivity contribution in [1.82, 2.24) is 23.9 Å². The minimum atomic E-state index is -3.34. The predicted octanol–water partition coefficient (Wildman–Crippen LogP) is 5.87. The Bertz CT molecular complexity index is 2060. The summed E-state index contributed by atoms with van der Waals surface area (Å²) in [6, 6.07) is 28.0. The molecule has 2 aromatic heterocycles. The number of aromatic nitrogens is 3. The van der Waals surface area contributed by atoms with Gasteiger partial charge < -0.3 is 20.6 Å². The SMILES string of the molecule is O=C(O)C1=C(CSc2cnsn2)CS[C@H]2C(NC(=O)C(=NOC(F)F)c3csc(NC(c4ccccc4)(c4ccccc4)c4ccccc4)n3)C(=O)N12. The molecule has 2 aliphatic rings. The zero-order valence-corrected chi connectivity index (χ0v) is 30.4. The first-order chi connectivity index (χ1) is 25.8. The molecule has 270 valence electrons. The summed E-state index contributed by atoms with van der Waals surface area (Å²) in [7, 11) is 0. The summed E-state index contributed by atoms with van der Waals surface area (Å²) in [4.78, 5) is 49.3. The zero-order valence-electron chi connectivity index (χ0n) is 27.2. The Labute approximate surface area is 317 Å². The van der Waals surface area contributed by atoms with Crippen molar-refractivity contribution in [3.05, 3.63) is 136 Å². The van der Waals surface area contributed by atoms with Crippen LogP contribution in [-0.4, -0.2) is 76.8 Å². The molecule has 0 bridgehead atoms. The number of carboxylic acid groups (broad SMARTS) is 1. The van der Waals surface area contributed by atoms with Crippen molar-refractivity contribution < 1.29 is 33.1 Å². The number of halogens is 2. The number of rotatable bonds is 14. The molecule has 2 aliphatic heterocycles. The number of oxime groups is 1. The van der Waals surface area contributed by atoms with E-state index in [1.165, 1.54) is 28.9 Å². The van der Waals surface area contributed by atoms with Crippen LogP contribution in [0, 0.1) is 0 Å². The Morgan fingerprint density at radius 2 is 1.64 bits per heavy atom. The molecule has 3 N–H and O–H groups in total. The Morgan fingerprint density at radius 1 is 1.02 bits per heavy atom. The Hall–Kier alpha value is -5.17. The highest BCUT2D eigenvalue weighted by atomic mass is 32.2. The van der Waals surface area contributed by atoms with E-state index >= 15 is 0 Å². The van der Waals surface area contributed by atoms with Crippen LogP contribution >= 0.6 is 46.6 Å². The van der Waals surface area contributed by atoms with Gasteiger partial charge in [0.2, 0.25) is 0 Å². The number of anilines is 1. The second-order valence-corrected chi connectivity index (χ2v) is 15.0. The zero-order chi connectivity index (χ0) is 37.0. The number of nitrogens with zero attached hydrogens (tertiary/aromatic N) is 5. The van der Waals surface area contributed by atoms with Crippen LogP contribution in [0.3, 0.4) is 0 Å². The van der Waals surface area contributed by atoms with Gasteiger partial charge in [0, 0.05) is 16.9 Å². The first-order valence-corrected chi connectivity index (χ1v) is 19.4. The first-order valence-electron chi connectivity index (χ1n) is 15.8. The van der Waals surface area contributed by atoms with E-state index in [1.807, 2.05) is 91.0 Å². The molecule has 2 atom stereocenters. The van der Waals surface area contributed by atoms with Gasteiger partial charge in [0.05, 0.1) is 17.9 Å². The maximum absolute atomic E-state index is 13.7. The number of thioether (sulfide) groups is 2. The number of carboxylic acids is 1. The summed E-state index contributed by atoms with van der Waals surface area (Å²) in [5.41, 5.74) is 1.37. The van der Waals surface area contributed by atoms with Gasteiger partial charge in [-0.05, 0) is 22.3 Å². The number of hydrogen-bond acceptors (Lipinski definition) is 13. The fourth-order valence-corrected chi connectivity index (χ4v) is 9.68. The third-order valence-electron chi connectivity index (χ3n) is 8.37. The lowest BCUT2D eigenvalue weighted by atomic mass is 9.77. The van der Waals surface area contributed by atoms with Crippen LogP contribution < -0.4 is 10.6 Å². The number of β-lactam (4-membered cyclic amide) rings is 1. The summed E-state index contributed by atoms with van der Waals surface area (Å²) in [5, 5.41) is 21.3. The molecule has 7 rings (SSSR count). The molecule has 1 fully saturated rings. The number of aliphatic carboxylic acids is 1. The van der Waals surface area contributed by atoms with E-state index in [0.29, 0.717) is 15.7 Å². The van der Waals surface area contributed by atoms with E-state index < -0.39 is 47.1 Å². The van der Waals surface area contributed by atoms with Gasteiger partial charge in [-0.3, -0.25) is 14.5 Å². The number of carbonyl (C=O) groups is 3. The van der Waals surface area contributed by atoms with Gasteiger partial charge >= 0.3 is 12.6 Å². The molecule has 5 aromatic rings. The van der Waals surface area contributed by atoms with Crippen LogP contribution in [0.2, 0.25) is 0 Å². The molecule has 12 nitrogen and oxygen atoms in total. The largest absolute Gasteiger partial charge is 0.477 e. The fraction of sp³-hybridized carbons (Fsp3) is 0.171. The van der Waals surface area contributed by atoms with Gasteiger partial charge in [-0.15, -0.1) is 23.1 Å². The minimum Gasteiger partial charge on any atom is -0.477 e. The maximum Gasteiger partial charge on any atom is 0.407 e. The number of nitrogens with one attached hydrogen (secondary N) is 2. The number of carbonyl (C=O) groups excluding carboxylic acids is 2. The number of benzene rings is 3. The molecule has 4 heterocycles. The molecular weight excluding hydrogens is 765 g/mol. The van der Waals surface area contributed by atoms with Crippen LogP contribution in [-0.2, 0) is 24.8 Å². The van der Waals surface area contributed by atoms with Gasteiger partial charge in [-0.1, -0.05) is 108 Å². The van der Waals surface area contributed by atoms with Crippen LogP contribution in [0.25, 0.3) is 0 Å². The molecule has 2 amide bonds. The molecule has 0 radical (unpaired) electrons. The number of hydrogen-bond donors (Lipinski definition) is 3. The molecule has 1 unspecified atom stereocenters. The Morgan fingerprint density at radius 3 is 2.19 bits per heavy atom. The highest BCUT2D eigenvalue weighted by Gasteiger charge is 2.54. The quantitative estimate of drug-likeness (QED) is 0.0406. The lowest BCUT2D eigenvalue weighted by Crippen LogP contribution is -2.71. The topological polar surface area (TPSA) is 159 Å². The lowest BCUT2D eigenvalue weighted by Gasteiger charge is -2.49. The van der Waals surface area contributed by atoms with Crippen molar-refractivity contribution in [2.75, 3.05) is 16.8 Å². The third-order valence-corrected chi connectivity index (χ3v) is 12.0. The number of thiazole rings is 1. The lowest BCUT2D eigenvalue weighted by molar-refractivity contribution is -0.150. The van der Waals surface area contributed by atoms with Crippen molar-refractivity contribution in [2.45, 2.75) is 28.6 Å². The average Bonchev–Trinajstić information content (AvgIpc) is 3.88. The standard InChI is InChI=1S/C35H27F2N7O5S4/c36-33(37)49-42-26(29(45)40-27-30(46)44-28(32(47)48)20(18-51-31(27)44)17-50-25-16-38-53-43-25)24-19-52-34(39-24)41-35(21-10-4-1-5-11-21,22-12-6-2-7-13-22)23-14-8-3-9-15-23/h1-16,19,27,31,33H,17-18H2,(H,39,41)(H,40,45)(H,47,48)/t27?,31-/m0/s1. The molecule has 3 aromatic carbocycles. The number of alkyl halides is 2. The van der Waals surface area contributed by atoms with Gasteiger partial charge in [0.25, 0.3) is 11.8 Å². The number of amides is 2. The van der Waals surface area contributed by atoms with Gasteiger partial charge in [0.15, 0.2) is 10.8 Å². The summed E-state index contributed by atoms with van der Waals surface area (Å²) in [6.45, 7) is -3.34. The number of fused-ring (bicyclic) bond motifs is 1. The highest BCUT2D eigenvalue weighted by Crippen LogP contribution is 2.43. The average molecular weight is 792 g/mol. The van der Waals surface area contributed by atoms with E-state index in [2.05, 4.69) is 34.4 Å². The van der Waals surface area contributed by atoms with Crippen molar-refractivity contribution in [3.8, 4) is 0 Å². The summed E-state index contributed by atoms with van der Waals surface area (Å²) in [6.07, 6.45) is 1.57. The normalized spacial score (nSPS) is 17.3. The van der Waals surface area contributed by atoms with E-state index in [-0.39, 0.29) is 22.9 Å². The minimum absolute atomic E-state index is 0.0828. The van der Waals surface area contributed by atoms with Crippen LogP contribution in [0.1, 0.15) is 22.4 Å². The molecule has 0 saturated carbocycles. The monoisotopic (exact) mass is 791 g/mol. The van der Waals surface area contributed by atoms with Crippen molar-refractivity contribution in [3.63, 3.8) is 0 Å². The van der Waals surface area contributed by atoms with Gasteiger partial charge in [0.1, 0.15) is 33.4 Å². The second kappa shape index (κ2) is 15.8. The molecule has 53 heavy (non-hydrogen) atoms. The van der Waals surface area contributed by atoms with Crippen molar-refractivity contribution in [1.29, 1.82) is 0 Å². The third kappa shape index (κ3) is 7.39. The van der Waals surface area contributed by atoms with E-state index in [0.717, 1.165) is 44.7 Å². The summed E-state index contributed by atoms with van der Waals surface area (Å²) in [5.74, 6) is -2.41. The molecule has 1 saturated heterocycles. The van der Waals surface area contributed by atoms with Crippen LogP contribution in [0.5, 0.6) is 0 Å². The molecule has 0 spiro atoms. The van der Waals surface area contributed by atoms with Crippen LogP contribution in [0.15, 0.2) is 124 Å². The fourth-order valence-electron chi connectivity index (χ4n) is 6.06. The van der Waals surface area contributed by atoms with Crippen molar-refractivity contribution in [2.24, 2.45) is 5.16 Å². The van der Waals surface area contributed by atoms with E-state index in [1.54, 1.807) is 6.20 Å². The highest BCUT2D eigenvalue weighted by molar-refractivity contribution is 8.01. The summed E-state index contributed by atoms with van der Waals surface area (Å²) >= 11 is 4.71. The predicted molar refractivity (Wildman–Crippen MR) is 199 cm³/mol. The van der Waals surface area contributed by atoms with Gasteiger partial charge in [-0.2, -0.15) is 17.5 Å². The Balaban J connectivity index is 1.16. The van der Waals surface area contributed by atoms with Crippen molar-refractivity contribution >= 4 is 75.2 Å². The molecular formula is C35H27F2N7O5S4. The van der Waals surface area contributed by atoms with E-state index in [4.69, 9.17) is 0 Å². The molecule has 0 aliphatic carbocycles. The van der Waals surface area contributed by atoms with Crippen LogP contribution in [0.4, 0.5) is 13.9 Å². The Kier molecular flexibility index (Phi) is 10.8. The van der Waals surface area contributed by atoms with E-state index in [9.17, 15) is 28.3 Å². The van der Waals surface area contributed by atoms with Gasteiger partial charge in [-0.25, -0.2) is 9.78 Å². The molecule has 18 heteroatoms.